The Morgan fingerprint density at radius 2 is 2.31 bits per heavy atom. The highest BCUT2D eigenvalue weighted by molar-refractivity contribution is 14.1. The molecule has 0 bridgehead atoms. The predicted molar refractivity (Wildman–Crippen MR) is 59.6 cm³/mol. The average Bonchev–Trinajstić information content (AvgIpc) is 2.44. The standard InChI is InChI=1S/C10H10INO/c1-2-12-6-7-3-4-8(11)5-9(7)10(12)13/h3-5H,2,6H2,1H3. The van der Waals surface area contributed by atoms with Crippen LogP contribution in [0.5, 0.6) is 0 Å². The van der Waals surface area contributed by atoms with Gasteiger partial charge in [0, 0.05) is 22.2 Å². The number of fused-ring (bicyclic) bond motifs is 1. The van der Waals surface area contributed by atoms with E-state index in [1.54, 1.807) is 0 Å². The van der Waals surface area contributed by atoms with Gasteiger partial charge in [-0.05, 0) is 47.2 Å². The number of carbonyl (C=O) groups is 1. The highest BCUT2D eigenvalue weighted by Gasteiger charge is 2.25. The van der Waals surface area contributed by atoms with Crippen molar-refractivity contribution in [2.24, 2.45) is 0 Å². The molecule has 0 aromatic heterocycles. The topological polar surface area (TPSA) is 20.3 Å². The minimum atomic E-state index is 0.177. The largest absolute Gasteiger partial charge is 0.335 e. The molecular formula is C10H10INO. The number of benzene rings is 1. The van der Waals surface area contributed by atoms with Gasteiger partial charge in [0.15, 0.2) is 0 Å². The Balaban J connectivity index is 2.45. The first kappa shape index (κ1) is 8.99. The van der Waals surface area contributed by atoms with Crippen molar-refractivity contribution in [3.05, 3.63) is 32.9 Å². The molecule has 0 unspecified atom stereocenters. The van der Waals surface area contributed by atoms with Crippen LogP contribution in [0.25, 0.3) is 0 Å². The summed E-state index contributed by atoms with van der Waals surface area (Å²) in [7, 11) is 0. The molecule has 0 radical (unpaired) electrons. The van der Waals surface area contributed by atoms with E-state index < -0.39 is 0 Å². The van der Waals surface area contributed by atoms with Crippen LogP contribution in [-0.4, -0.2) is 17.4 Å². The molecule has 0 aliphatic carbocycles. The van der Waals surface area contributed by atoms with Crippen LogP contribution in [0.1, 0.15) is 22.8 Å². The zero-order valence-corrected chi connectivity index (χ0v) is 9.54. The van der Waals surface area contributed by atoms with Crippen LogP contribution in [0.4, 0.5) is 0 Å². The molecule has 68 valence electrons. The maximum absolute atomic E-state index is 11.7. The summed E-state index contributed by atoms with van der Waals surface area (Å²) in [4.78, 5) is 13.6. The molecule has 1 aliphatic heterocycles. The third-order valence-electron chi connectivity index (χ3n) is 2.33. The first-order chi connectivity index (χ1) is 6.22. The van der Waals surface area contributed by atoms with Gasteiger partial charge in [0.25, 0.3) is 5.91 Å². The van der Waals surface area contributed by atoms with Gasteiger partial charge in [-0.15, -0.1) is 0 Å². The fourth-order valence-corrected chi connectivity index (χ4v) is 2.08. The fraction of sp³-hybridized carbons (Fsp3) is 0.300. The van der Waals surface area contributed by atoms with E-state index in [1.807, 2.05) is 30.0 Å². The second-order valence-corrected chi connectivity index (χ2v) is 4.37. The van der Waals surface area contributed by atoms with Gasteiger partial charge >= 0.3 is 0 Å². The van der Waals surface area contributed by atoms with Crippen LogP contribution >= 0.6 is 22.6 Å². The summed E-state index contributed by atoms with van der Waals surface area (Å²) < 4.78 is 1.13. The lowest BCUT2D eigenvalue weighted by Crippen LogP contribution is -2.22. The normalized spacial score (nSPS) is 14.9. The SMILES string of the molecule is CCN1Cc2ccc(I)cc2C1=O. The minimum Gasteiger partial charge on any atom is -0.335 e. The molecule has 0 fully saturated rings. The summed E-state index contributed by atoms with van der Waals surface area (Å²) >= 11 is 2.23. The van der Waals surface area contributed by atoms with E-state index >= 15 is 0 Å². The van der Waals surface area contributed by atoms with Gasteiger partial charge in [-0.3, -0.25) is 4.79 Å². The molecule has 13 heavy (non-hydrogen) atoms. The van der Waals surface area contributed by atoms with Gasteiger partial charge in [0.2, 0.25) is 0 Å². The lowest BCUT2D eigenvalue weighted by atomic mass is 10.1. The molecule has 0 atom stereocenters. The summed E-state index contributed by atoms with van der Waals surface area (Å²) in [5, 5.41) is 0. The van der Waals surface area contributed by atoms with E-state index in [1.165, 1.54) is 0 Å². The zero-order valence-electron chi connectivity index (χ0n) is 7.38. The van der Waals surface area contributed by atoms with Crippen molar-refractivity contribution >= 4 is 28.5 Å². The summed E-state index contributed by atoms with van der Waals surface area (Å²) in [6, 6.07) is 6.06. The number of nitrogens with zero attached hydrogens (tertiary/aromatic N) is 1. The molecule has 3 heteroatoms. The third kappa shape index (κ3) is 1.45. The molecule has 1 aromatic rings. The molecular weight excluding hydrogens is 277 g/mol. The third-order valence-corrected chi connectivity index (χ3v) is 3.00. The number of amides is 1. The highest BCUT2D eigenvalue weighted by atomic mass is 127. The molecule has 0 saturated heterocycles. The summed E-state index contributed by atoms with van der Waals surface area (Å²) in [6.07, 6.45) is 0. The van der Waals surface area contributed by atoms with Gasteiger partial charge in [0.05, 0.1) is 0 Å². The number of rotatable bonds is 1. The Hall–Kier alpha value is -0.580. The Bertz CT molecular complexity index is 362. The van der Waals surface area contributed by atoms with Gasteiger partial charge in [-0.25, -0.2) is 0 Å². The van der Waals surface area contributed by atoms with Gasteiger partial charge in [-0.2, -0.15) is 0 Å². The van der Waals surface area contributed by atoms with Gasteiger partial charge < -0.3 is 4.90 Å². The van der Waals surface area contributed by atoms with E-state index in [0.717, 1.165) is 27.8 Å². The zero-order chi connectivity index (χ0) is 9.42. The number of carbonyl (C=O) groups excluding carboxylic acids is 1. The number of hydrogen-bond donors (Lipinski definition) is 0. The lowest BCUT2D eigenvalue weighted by Gasteiger charge is -2.10. The predicted octanol–water partition coefficient (Wildman–Crippen LogP) is 2.27. The Labute approximate surface area is 91.1 Å². The lowest BCUT2D eigenvalue weighted by molar-refractivity contribution is 0.0787. The van der Waals surface area contributed by atoms with Gasteiger partial charge in [0.1, 0.15) is 0 Å². The smallest absolute Gasteiger partial charge is 0.254 e. The van der Waals surface area contributed by atoms with Gasteiger partial charge in [-0.1, -0.05) is 6.07 Å². The maximum Gasteiger partial charge on any atom is 0.254 e. The molecule has 0 spiro atoms. The molecule has 1 aromatic carbocycles. The minimum absolute atomic E-state index is 0.177. The number of halogens is 1. The fourth-order valence-electron chi connectivity index (χ4n) is 1.59. The second-order valence-electron chi connectivity index (χ2n) is 3.12. The van der Waals surface area contributed by atoms with Crippen LogP contribution in [0.2, 0.25) is 0 Å². The van der Waals surface area contributed by atoms with Crippen molar-refractivity contribution in [1.82, 2.24) is 4.90 Å². The Kier molecular flexibility index (Phi) is 2.27. The Morgan fingerprint density at radius 3 is 3.00 bits per heavy atom. The van der Waals surface area contributed by atoms with Crippen molar-refractivity contribution in [2.75, 3.05) is 6.54 Å². The van der Waals surface area contributed by atoms with E-state index in [0.29, 0.717) is 0 Å². The number of hydrogen-bond acceptors (Lipinski definition) is 1. The molecule has 1 heterocycles. The van der Waals surface area contributed by atoms with Crippen molar-refractivity contribution in [3.8, 4) is 0 Å². The summed E-state index contributed by atoms with van der Waals surface area (Å²) in [5.74, 6) is 0.177. The van der Waals surface area contributed by atoms with E-state index in [4.69, 9.17) is 0 Å². The van der Waals surface area contributed by atoms with Crippen molar-refractivity contribution in [3.63, 3.8) is 0 Å². The molecule has 0 N–H and O–H groups in total. The van der Waals surface area contributed by atoms with Crippen LogP contribution in [0, 0.1) is 3.57 Å². The maximum atomic E-state index is 11.7. The highest BCUT2D eigenvalue weighted by Crippen LogP contribution is 2.23. The first-order valence-electron chi connectivity index (χ1n) is 4.30. The Morgan fingerprint density at radius 1 is 1.54 bits per heavy atom. The van der Waals surface area contributed by atoms with E-state index in [-0.39, 0.29) is 5.91 Å². The molecule has 1 amide bonds. The monoisotopic (exact) mass is 287 g/mol. The van der Waals surface area contributed by atoms with Crippen LogP contribution < -0.4 is 0 Å². The van der Waals surface area contributed by atoms with E-state index in [9.17, 15) is 4.79 Å². The van der Waals surface area contributed by atoms with Crippen molar-refractivity contribution in [1.29, 1.82) is 0 Å². The quantitative estimate of drug-likeness (QED) is 0.726. The van der Waals surface area contributed by atoms with Crippen molar-refractivity contribution in [2.45, 2.75) is 13.5 Å². The summed E-state index contributed by atoms with van der Waals surface area (Å²) in [6.45, 7) is 3.58. The molecule has 2 rings (SSSR count). The second kappa shape index (κ2) is 3.29. The average molecular weight is 287 g/mol. The molecule has 0 saturated carbocycles. The van der Waals surface area contributed by atoms with Crippen LogP contribution in [-0.2, 0) is 6.54 Å². The summed E-state index contributed by atoms with van der Waals surface area (Å²) in [5.41, 5.74) is 2.04. The van der Waals surface area contributed by atoms with Crippen LogP contribution in [0.15, 0.2) is 18.2 Å². The van der Waals surface area contributed by atoms with Crippen LogP contribution in [0.3, 0.4) is 0 Å². The molecule has 1 aliphatic rings. The molecule has 2 nitrogen and oxygen atoms in total. The van der Waals surface area contributed by atoms with Crippen molar-refractivity contribution < 1.29 is 4.79 Å². The van der Waals surface area contributed by atoms with E-state index in [2.05, 4.69) is 22.6 Å². The first-order valence-corrected chi connectivity index (χ1v) is 5.38.